The Bertz CT molecular complexity index is 890. The minimum absolute atomic E-state index is 0.0897. The first-order valence-corrected chi connectivity index (χ1v) is 11.0. The van der Waals surface area contributed by atoms with Gasteiger partial charge in [0.25, 0.3) is 0 Å². The fourth-order valence-corrected chi connectivity index (χ4v) is 5.33. The average molecular weight is 478 g/mol. The maximum Gasteiger partial charge on any atom is 0.136 e. The van der Waals surface area contributed by atoms with Crippen LogP contribution in [-0.4, -0.2) is 34.7 Å². The van der Waals surface area contributed by atoms with Gasteiger partial charge in [-0.15, -0.1) is 0 Å². The highest BCUT2D eigenvalue weighted by atomic mass is 127. The van der Waals surface area contributed by atoms with Crippen molar-refractivity contribution in [1.82, 2.24) is 20.4 Å². The van der Waals surface area contributed by atoms with Gasteiger partial charge in [0.2, 0.25) is 0 Å². The molecule has 0 unspecified atom stereocenters. The lowest BCUT2D eigenvalue weighted by molar-refractivity contribution is 0.296. The number of nitrogens with one attached hydrogen (secondary N) is 2. The van der Waals surface area contributed by atoms with Gasteiger partial charge in [-0.05, 0) is 84.4 Å². The number of rotatable bonds is 3. The third kappa shape index (κ3) is 3.31. The molecule has 0 bridgehead atoms. The number of benzene rings is 1. The Morgan fingerprint density at radius 2 is 2.00 bits per heavy atom. The summed E-state index contributed by atoms with van der Waals surface area (Å²) in [6, 6.07) is 5.51. The van der Waals surface area contributed by atoms with Gasteiger partial charge in [0.1, 0.15) is 11.5 Å². The Morgan fingerprint density at radius 1 is 1.19 bits per heavy atom. The van der Waals surface area contributed by atoms with E-state index in [2.05, 4.69) is 44.0 Å². The summed E-state index contributed by atoms with van der Waals surface area (Å²) in [7, 11) is 0. The van der Waals surface area contributed by atoms with Gasteiger partial charge < -0.3 is 10.2 Å². The standard InChI is InChI=1S/C21H24FIN4/c22-17-3-1-2-15(19(17)23)13-7-10-27(11-8-13)21(14-4-5-14)20-16-6-9-24-12-18(16)25-26-20/h1-3,13,24H,4-12H2,(H,25,26). The Hall–Kier alpha value is -1.41. The summed E-state index contributed by atoms with van der Waals surface area (Å²) in [4.78, 5) is 2.55. The van der Waals surface area contributed by atoms with E-state index in [9.17, 15) is 4.39 Å². The summed E-state index contributed by atoms with van der Waals surface area (Å²) >= 11 is 2.16. The van der Waals surface area contributed by atoms with Gasteiger partial charge in [-0.2, -0.15) is 5.10 Å². The minimum atomic E-state index is -0.0897. The second-order valence-electron chi connectivity index (χ2n) is 7.81. The Morgan fingerprint density at radius 3 is 2.78 bits per heavy atom. The second-order valence-corrected chi connectivity index (χ2v) is 8.89. The molecule has 2 N–H and O–H groups in total. The molecule has 4 nitrogen and oxygen atoms in total. The fraction of sp³-hybridized carbons (Fsp3) is 0.476. The van der Waals surface area contributed by atoms with Gasteiger partial charge in [0, 0.05) is 25.2 Å². The predicted octanol–water partition coefficient (Wildman–Crippen LogP) is 4.18. The largest absolute Gasteiger partial charge is 0.370 e. The monoisotopic (exact) mass is 478 g/mol. The minimum Gasteiger partial charge on any atom is -0.370 e. The first kappa shape index (κ1) is 17.7. The molecule has 1 aromatic carbocycles. The molecule has 2 aromatic rings. The van der Waals surface area contributed by atoms with E-state index in [4.69, 9.17) is 5.10 Å². The molecule has 1 saturated carbocycles. The van der Waals surface area contributed by atoms with E-state index in [0.717, 1.165) is 49.0 Å². The number of hydrogen-bond donors (Lipinski definition) is 2. The Kier molecular flexibility index (Phi) is 4.71. The lowest BCUT2D eigenvalue weighted by atomic mass is 9.88. The lowest BCUT2D eigenvalue weighted by Crippen LogP contribution is -2.33. The molecule has 0 radical (unpaired) electrons. The van der Waals surface area contributed by atoms with Crippen LogP contribution in [0.3, 0.4) is 0 Å². The van der Waals surface area contributed by atoms with Crippen molar-refractivity contribution >= 4 is 28.3 Å². The normalized spacial score (nSPS) is 19.9. The number of likely N-dealkylation sites (tertiary alicyclic amines) is 1. The summed E-state index contributed by atoms with van der Waals surface area (Å²) in [5.74, 6) is 0.361. The molecule has 2 aliphatic heterocycles. The highest BCUT2D eigenvalue weighted by Crippen LogP contribution is 2.42. The number of piperidine rings is 1. The quantitative estimate of drug-likeness (QED) is 0.651. The van der Waals surface area contributed by atoms with Gasteiger partial charge in [0.15, 0.2) is 0 Å². The molecule has 1 aromatic heterocycles. The van der Waals surface area contributed by atoms with Gasteiger partial charge in [0.05, 0.1) is 15.0 Å². The van der Waals surface area contributed by atoms with Gasteiger partial charge >= 0.3 is 0 Å². The van der Waals surface area contributed by atoms with E-state index >= 15 is 0 Å². The molecule has 0 amide bonds. The van der Waals surface area contributed by atoms with Crippen molar-refractivity contribution in [2.24, 2.45) is 0 Å². The van der Waals surface area contributed by atoms with Gasteiger partial charge in [-0.1, -0.05) is 12.1 Å². The summed E-state index contributed by atoms with van der Waals surface area (Å²) in [6.45, 7) is 3.97. The van der Waals surface area contributed by atoms with E-state index in [1.54, 1.807) is 11.6 Å². The number of allylic oxidation sites excluding steroid dienone is 1. The third-order valence-corrected chi connectivity index (χ3v) is 7.24. The van der Waals surface area contributed by atoms with Crippen LogP contribution in [0.4, 0.5) is 4.39 Å². The van der Waals surface area contributed by atoms with Crippen LogP contribution >= 0.6 is 22.6 Å². The molecule has 3 aliphatic rings. The van der Waals surface area contributed by atoms with Crippen LogP contribution in [-0.2, 0) is 13.0 Å². The van der Waals surface area contributed by atoms with Crippen molar-refractivity contribution in [3.63, 3.8) is 0 Å². The number of aromatic amines is 1. The Balaban J connectivity index is 1.37. The SMILES string of the molecule is Fc1cccc(C2CCN(C(=C3CC3)c3n[nH]c4c3CCNC4)CC2)c1I. The summed E-state index contributed by atoms with van der Waals surface area (Å²) in [5.41, 5.74) is 7.98. The molecule has 5 rings (SSSR count). The molecule has 2 fully saturated rings. The van der Waals surface area contributed by atoms with Crippen LogP contribution in [0, 0.1) is 9.39 Å². The van der Waals surface area contributed by atoms with Crippen molar-refractivity contribution in [2.75, 3.05) is 19.6 Å². The number of H-pyrrole nitrogens is 1. The molecule has 142 valence electrons. The number of fused-ring (bicyclic) bond motifs is 1. The molecular formula is C21H24FIN4. The molecule has 3 heterocycles. The van der Waals surface area contributed by atoms with Crippen molar-refractivity contribution in [1.29, 1.82) is 0 Å². The maximum atomic E-state index is 14.0. The van der Waals surface area contributed by atoms with Crippen molar-refractivity contribution in [3.8, 4) is 0 Å². The zero-order chi connectivity index (χ0) is 18.4. The van der Waals surface area contributed by atoms with Gasteiger partial charge in [-0.25, -0.2) is 4.39 Å². The van der Waals surface area contributed by atoms with Crippen LogP contribution in [0.2, 0.25) is 0 Å². The molecule has 1 saturated heterocycles. The van der Waals surface area contributed by atoms with E-state index < -0.39 is 0 Å². The van der Waals surface area contributed by atoms with Crippen molar-refractivity contribution in [3.05, 3.63) is 55.7 Å². The molecule has 1 aliphatic carbocycles. The number of hydrogen-bond acceptors (Lipinski definition) is 3. The summed E-state index contributed by atoms with van der Waals surface area (Å²) < 4.78 is 14.8. The van der Waals surface area contributed by atoms with E-state index in [-0.39, 0.29) is 5.82 Å². The van der Waals surface area contributed by atoms with Crippen LogP contribution in [0.25, 0.3) is 5.70 Å². The number of halogens is 2. The average Bonchev–Trinajstić information content (AvgIpc) is 3.45. The van der Waals surface area contributed by atoms with E-state index in [1.807, 2.05) is 6.07 Å². The third-order valence-electron chi connectivity index (χ3n) is 6.10. The molecular weight excluding hydrogens is 454 g/mol. The van der Waals surface area contributed by atoms with Crippen molar-refractivity contribution in [2.45, 2.75) is 44.6 Å². The summed E-state index contributed by atoms with van der Waals surface area (Å²) in [5, 5.41) is 11.4. The first-order valence-electron chi connectivity index (χ1n) is 9.90. The summed E-state index contributed by atoms with van der Waals surface area (Å²) in [6.07, 6.45) is 5.61. The Labute approximate surface area is 172 Å². The molecule has 0 atom stereocenters. The van der Waals surface area contributed by atoms with E-state index in [0.29, 0.717) is 5.92 Å². The lowest BCUT2D eigenvalue weighted by Gasteiger charge is -2.35. The number of aromatic nitrogens is 2. The number of nitrogens with zero attached hydrogens (tertiary/aromatic N) is 2. The fourth-order valence-electron chi connectivity index (χ4n) is 4.53. The molecule has 6 heteroatoms. The second kappa shape index (κ2) is 7.20. The maximum absolute atomic E-state index is 14.0. The van der Waals surface area contributed by atoms with Crippen LogP contribution in [0.5, 0.6) is 0 Å². The zero-order valence-corrected chi connectivity index (χ0v) is 17.5. The van der Waals surface area contributed by atoms with Gasteiger partial charge in [-0.3, -0.25) is 5.10 Å². The first-order chi connectivity index (χ1) is 13.2. The predicted molar refractivity (Wildman–Crippen MR) is 113 cm³/mol. The molecule has 0 spiro atoms. The highest BCUT2D eigenvalue weighted by Gasteiger charge is 2.32. The smallest absolute Gasteiger partial charge is 0.136 e. The van der Waals surface area contributed by atoms with Crippen LogP contribution in [0.15, 0.2) is 23.8 Å². The molecule has 27 heavy (non-hydrogen) atoms. The zero-order valence-electron chi connectivity index (χ0n) is 15.3. The highest BCUT2D eigenvalue weighted by molar-refractivity contribution is 14.1. The van der Waals surface area contributed by atoms with Crippen LogP contribution in [0.1, 0.15) is 54.1 Å². The van der Waals surface area contributed by atoms with E-state index in [1.165, 1.54) is 41.1 Å². The van der Waals surface area contributed by atoms with Crippen molar-refractivity contribution < 1.29 is 4.39 Å². The van der Waals surface area contributed by atoms with Crippen LogP contribution < -0.4 is 5.32 Å². The topological polar surface area (TPSA) is 44.0 Å².